The average molecular weight is 222 g/mol. The zero-order valence-corrected chi connectivity index (χ0v) is 8.13. The molecular weight excluding hydrogens is 216 g/mol. The van der Waals surface area contributed by atoms with Gasteiger partial charge in [0, 0.05) is 6.07 Å². The van der Waals surface area contributed by atoms with Crippen LogP contribution in [0.4, 0.5) is 5.69 Å². The van der Waals surface area contributed by atoms with E-state index in [1.165, 1.54) is 6.07 Å². The van der Waals surface area contributed by atoms with E-state index >= 15 is 0 Å². The molecule has 0 aliphatic rings. The molecule has 0 bridgehead atoms. The van der Waals surface area contributed by atoms with Gasteiger partial charge in [0.05, 0.1) is 17.6 Å². The first kappa shape index (κ1) is 11.5. The summed E-state index contributed by atoms with van der Waals surface area (Å²) in [7, 11) is 1.12. The highest BCUT2D eigenvalue weighted by Crippen LogP contribution is 2.31. The third-order valence-corrected chi connectivity index (χ3v) is 1.81. The fraction of sp³-hybridized carbons (Fsp3) is 0.111. The van der Waals surface area contributed by atoms with Crippen molar-refractivity contribution in [3.8, 4) is 11.8 Å². The van der Waals surface area contributed by atoms with Crippen molar-refractivity contribution in [2.75, 3.05) is 7.11 Å². The van der Waals surface area contributed by atoms with E-state index in [1.54, 1.807) is 0 Å². The van der Waals surface area contributed by atoms with E-state index < -0.39 is 27.9 Å². The Hall–Kier alpha value is -2.62. The average Bonchev–Trinajstić information content (AvgIpc) is 2.26. The lowest BCUT2D eigenvalue weighted by molar-refractivity contribution is -0.386. The molecule has 82 valence electrons. The van der Waals surface area contributed by atoms with Crippen molar-refractivity contribution in [1.82, 2.24) is 0 Å². The number of nitrogens with zero attached hydrogens (tertiary/aromatic N) is 2. The number of aromatic hydroxyl groups is 1. The lowest BCUT2D eigenvalue weighted by Crippen LogP contribution is -2.03. The van der Waals surface area contributed by atoms with Crippen molar-refractivity contribution in [3.63, 3.8) is 0 Å². The smallest absolute Gasteiger partial charge is 0.338 e. The summed E-state index contributed by atoms with van der Waals surface area (Å²) in [5, 5.41) is 28.5. The molecule has 7 nitrogen and oxygen atoms in total. The van der Waals surface area contributed by atoms with Crippen molar-refractivity contribution in [2.45, 2.75) is 0 Å². The van der Waals surface area contributed by atoms with Crippen LogP contribution in [0.2, 0.25) is 0 Å². The molecule has 1 N–H and O–H groups in total. The van der Waals surface area contributed by atoms with Gasteiger partial charge in [-0.1, -0.05) is 0 Å². The van der Waals surface area contributed by atoms with Gasteiger partial charge in [0.15, 0.2) is 5.75 Å². The number of nitro groups is 1. The molecule has 0 aliphatic carbocycles. The largest absolute Gasteiger partial charge is 0.502 e. The molecule has 0 radical (unpaired) electrons. The maximum absolute atomic E-state index is 11.1. The Bertz CT molecular complexity index is 503. The number of carbonyl (C=O) groups is 1. The maximum atomic E-state index is 11.1. The topological polar surface area (TPSA) is 113 Å². The summed E-state index contributed by atoms with van der Waals surface area (Å²) in [5.41, 5.74) is -1.25. The van der Waals surface area contributed by atoms with E-state index in [2.05, 4.69) is 4.74 Å². The zero-order chi connectivity index (χ0) is 12.3. The molecule has 1 aromatic carbocycles. The van der Waals surface area contributed by atoms with Crippen LogP contribution in [0.3, 0.4) is 0 Å². The van der Waals surface area contributed by atoms with Crippen LogP contribution in [0, 0.1) is 21.4 Å². The van der Waals surface area contributed by atoms with Crippen molar-refractivity contribution >= 4 is 11.7 Å². The van der Waals surface area contributed by atoms with Gasteiger partial charge >= 0.3 is 11.7 Å². The fourth-order valence-corrected chi connectivity index (χ4v) is 1.13. The van der Waals surface area contributed by atoms with Crippen LogP contribution in [0.5, 0.6) is 5.75 Å². The van der Waals surface area contributed by atoms with E-state index in [-0.39, 0.29) is 5.56 Å². The second-order valence-electron chi connectivity index (χ2n) is 2.75. The van der Waals surface area contributed by atoms with Crippen molar-refractivity contribution in [3.05, 3.63) is 33.4 Å². The molecule has 0 heterocycles. The van der Waals surface area contributed by atoms with E-state index in [1.807, 2.05) is 0 Å². The Morgan fingerprint density at radius 1 is 1.62 bits per heavy atom. The minimum Gasteiger partial charge on any atom is -0.502 e. The Balaban J connectivity index is 3.45. The van der Waals surface area contributed by atoms with E-state index in [9.17, 15) is 20.0 Å². The summed E-state index contributed by atoms with van der Waals surface area (Å²) >= 11 is 0. The highest BCUT2D eigenvalue weighted by molar-refractivity contribution is 5.91. The molecule has 0 atom stereocenters. The summed E-state index contributed by atoms with van der Waals surface area (Å²) < 4.78 is 4.36. The molecule has 0 unspecified atom stereocenters. The minimum absolute atomic E-state index is 0.123. The Kier molecular flexibility index (Phi) is 3.06. The number of esters is 1. The maximum Gasteiger partial charge on any atom is 0.338 e. The molecule has 0 aromatic heterocycles. The number of methoxy groups -OCH3 is 1. The first-order chi connectivity index (χ1) is 7.51. The molecule has 7 heteroatoms. The summed E-state index contributed by atoms with van der Waals surface area (Å²) in [4.78, 5) is 20.7. The van der Waals surface area contributed by atoms with Gasteiger partial charge in [0.1, 0.15) is 11.6 Å². The molecular formula is C9H6N2O5. The first-order valence-electron chi connectivity index (χ1n) is 4.01. The third-order valence-electron chi connectivity index (χ3n) is 1.81. The molecule has 0 saturated heterocycles. The van der Waals surface area contributed by atoms with Crippen LogP contribution in [-0.2, 0) is 4.74 Å². The predicted molar refractivity (Wildman–Crippen MR) is 50.8 cm³/mol. The number of phenolic OH excluding ortho intramolecular Hbond substituents is 1. The number of hydrogen-bond acceptors (Lipinski definition) is 6. The number of rotatable bonds is 2. The van der Waals surface area contributed by atoms with Gasteiger partial charge in [-0.3, -0.25) is 10.1 Å². The highest BCUT2D eigenvalue weighted by atomic mass is 16.6. The van der Waals surface area contributed by atoms with E-state index in [4.69, 9.17) is 5.26 Å². The Labute approximate surface area is 89.6 Å². The number of phenols is 1. The normalized spacial score (nSPS) is 9.25. The van der Waals surface area contributed by atoms with Crippen LogP contribution in [-0.4, -0.2) is 23.1 Å². The van der Waals surface area contributed by atoms with Gasteiger partial charge < -0.3 is 9.84 Å². The van der Waals surface area contributed by atoms with Gasteiger partial charge in [-0.2, -0.15) is 5.26 Å². The lowest BCUT2D eigenvalue weighted by atomic mass is 10.1. The van der Waals surface area contributed by atoms with Gasteiger partial charge in [0.25, 0.3) is 0 Å². The molecule has 0 aliphatic heterocycles. The van der Waals surface area contributed by atoms with E-state index in [0.29, 0.717) is 0 Å². The SMILES string of the molecule is COC(=O)c1cc(O)c([N+](=O)[O-])c(C#N)c1. The zero-order valence-electron chi connectivity index (χ0n) is 8.13. The second-order valence-corrected chi connectivity index (χ2v) is 2.75. The van der Waals surface area contributed by atoms with Crippen LogP contribution in [0.1, 0.15) is 15.9 Å². The van der Waals surface area contributed by atoms with Crippen LogP contribution >= 0.6 is 0 Å². The Morgan fingerprint density at radius 2 is 2.25 bits per heavy atom. The van der Waals surface area contributed by atoms with Gasteiger partial charge in [-0.05, 0) is 6.07 Å². The minimum atomic E-state index is -0.894. The summed E-state index contributed by atoms with van der Waals surface area (Å²) in [6.45, 7) is 0. The molecule has 1 aromatic rings. The standard InChI is InChI=1S/C9H6N2O5/c1-16-9(13)5-2-6(4-10)8(11(14)15)7(12)3-5/h2-3,12H,1H3. The summed E-state index contributed by atoms with van der Waals surface area (Å²) in [5.74, 6) is -1.54. The summed E-state index contributed by atoms with van der Waals surface area (Å²) in [6, 6.07) is 3.40. The van der Waals surface area contributed by atoms with Crippen LogP contribution < -0.4 is 0 Å². The van der Waals surface area contributed by atoms with Crippen molar-refractivity contribution in [1.29, 1.82) is 5.26 Å². The number of nitriles is 1. The second kappa shape index (κ2) is 4.27. The van der Waals surface area contributed by atoms with E-state index in [0.717, 1.165) is 19.2 Å². The molecule has 0 fully saturated rings. The fourth-order valence-electron chi connectivity index (χ4n) is 1.13. The van der Waals surface area contributed by atoms with Crippen LogP contribution in [0.15, 0.2) is 12.1 Å². The van der Waals surface area contributed by atoms with Crippen molar-refractivity contribution < 1.29 is 19.6 Å². The number of ether oxygens (including phenoxy) is 1. The number of benzene rings is 1. The molecule has 16 heavy (non-hydrogen) atoms. The highest BCUT2D eigenvalue weighted by Gasteiger charge is 2.23. The van der Waals surface area contributed by atoms with Crippen LogP contribution in [0.25, 0.3) is 0 Å². The molecule has 0 amide bonds. The monoisotopic (exact) mass is 222 g/mol. The lowest BCUT2D eigenvalue weighted by Gasteiger charge is -2.02. The third kappa shape index (κ3) is 1.90. The molecule has 1 rings (SSSR count). The Morgan fingerprint density at radius 3 is 2.69 bits per heavy atom. The first-order valence-corrected chi connectivity index (χ1v) is 4.01. The quantitative estimate of drug-likeness (QED) is 0.452. The van der Waals surface area contributed by atoms with Crippen molar-refractivity contribution in [2.24, 2.45) is 0 Å². The number of hydrogen-bond donors (Lipinski definition) is 1. The number of carbonyl (C=O) groups excluding carboxylic acids is 1. The van der Waals surface area contributed by atoms with Gasteiger partial charge in [0.2, 0.25) is 0 Å². The molecule has 0 saturated carbocycles. The number of nitro benzene ring substituents is 1. The van der Waals surface area contributed by atoms with Gasteiger partial charge in [-0.15, -0.1) is 0 Å². The molecule has 0 spiro atoms. The van der Waals surface area contributed by atoms with Gasteiger partial charge in [-0.25, -0.2) is 4.79 Å². The summed E-state index contributed by atoms with van der Waals surface area (Å²) in [6.07, 6.45) is 0. The predicted octanol–water partition coefficient (Wildman–Crippen LogP) is 0.959.